The number of ether oxygens (including phenoxy) is 1. The van der Waals surface area contributed by atoms with Crippen LogP contribution in [0.1, 0.15) is 39.5 Å². The molecule has 3 nitrogen and oxygen atoms in total. The van der Waals surface area contributed by atoms with Gasteiger partial charge in [0, 0.05) is 18.4 Å². The van der Waals surface area contributed by atoms with Crippen LogP contribution < -0.4 is 0 Å². The van der Waals surface area contributed by atoms with Gasteiger partial charge in [-0.3, -0.25) is 4.79 Å². The van der Waals surface area contributed by atoms with Gasteiger partial charge in [-0.2, -0.15) is 0 Å². The fourth-order valence-corrected chi connectivity index (χ4v) is 1.45. The molecule has 0 atom stereocenters. The molecule has 0 aliphatic heterocycles. The maximum absolute atomic E-state index is 11.2. The van der Waals surface area contributed by atoms with Crippen LogP contribution in [0.3, 0.4) is 0 Å². The highest BCUT2D eigenvalue weighted by molar-refractivity contribution is 5.69. The monoisotopic (exact) mass is 251 g/mol. The average molecular weight is 251 g/mol. The predicted octanol–water partition coefficient (Wildman–Crippen LogP) is 3.65. The second-order valence-electron chi connectivity index (χ2n) is 4.27. The Morgan fingerprint density at radius 3 is 2.56 bits per heavy atom. The van der Waals surface area contributed by atoms with Gasteiger partial charge in [-0.1, -0.05) is 32.6 Å². The van der Waals surface area contributed by atoms with E-state index >= 15 is 0 Å². The number of allylic oxidation sites excluding steroid dienone is 3. The van der Waals surface area contributed by atoms with Crippen LogP contribution in [0, 0.1) is 0 Å². The standard InChI is InChI=1S/C15H25NO2/c1-6-8-9-14(4)16(12-13(3)7-2)11-10-15(17)18-5/h7,12H,2,4,6,8-11H2,1,3,5H3/b13-12+. The van der Waals surface area contributed by atoms with Crippen LogP contribution in [-0.2, 0) is 9.53 Å². The third-order valence-corrected chi connectivity index (χ3v) is 2.69. The van der Waals surface area contributed by atoms with E-state index in [0.717, 1.165) is 30.5 Å². The van der Waals surface area contributed by atoms with E-state index in [9.17, 15) is 4.79 Å². The summed E-state index contributed by atoms with van der Waals surface area (Å²) in [5.74, 6) is -0.201. The maximum atomic E-state index is 11.2. The minimum atomic E-state index is -0.201. The molecule has 0 rings (SSSR count). The molecule has 0 saturated carbocycles. The van der Waals surface area contributed by atoms with Crippen molar-refractivity contribution in [3.05, 3.63) is 36.7 Å². The molecule has 0 aromatic rings. The minimum Gasteiger partial charge on any atom is -0.469 e. The van der Waals surface area contributed by atoms with Crippen LogP contribution in [0.25, 0.3) is 0 Å². The summed E-state index contributed by atoms with van der Waals surface area (Å²) in [5.41, 5.74) is 2.08. The van der Waals surface area contributed by atoms with E-state index in [1.54, 1.807) is 6.08 Å². The highest BCUT2D eigenvalue weighted by Crippen LogP contribution is 2.14. The van der Waals surface area contributed by atoms with Crippen molar-refractivity contribution in [2.75, 3.05) is 13.7 Å². The van der Waals surface area contributed by atoms with Crippen LogP contribution in [-0.4, -0.2) is 24.5 Å². The normalized spacial score (nSPS) is 10.9. The van der Waals surface area contributed by atoms with Gasteiger partial charge in [0.15, 0.2) is 0 Å². The average Bonchev–Trinajstić information content (AvgIpc) is 2.39. The van der Waals surface area contributed by atoms with Crippen molar-refractivity contribution in [1.29, 1.82) is 0 Å². The van der Waals surface area contributed by atoms with Crippen LogP contribution >= 0.6 is 0 Å². The fourth-order valence-electron chi connectivity index (χ4n) is 1.45. The Morgan fingerprint density at radius 2 is 2.06 bits per heavy atom. The van der Waals surface area contributed by atoms with Crippen molar-refractivity contribution in [3.8, 4) is 0 Å². The molecule has 3 heteroatoms. The first kappa shape index (κ1) is 16.5. The summed E-state index contributed by atoms with van der Waals surface area (Å²) in [6.45, 7) is 12.5. The molecule has 0 radical (unpaired) electrons. The Morgan fingerprint density at radius 1 is 1.39 bits per heavy atom. The van der Waals surface area contributed by atoms with Gasteiger partial charge in [0.25, 0.3) is 0 Å². The lowest BCUT2D eigenvalue weighted by Gasteiger charge is -2.23. The molecule has 0 unspecified atom stereocenters. The molecular formula is C15H25NO2. The zero-order chi connectivity index (χ0) is 14.0. The zero-order valence-corrected chi connectivity index (χ0v) is 11.9. The summed E-state index contributed by atoms with van der Waals surface area (Å²) < 4.78 is 4.66. The highest BCUT2D eigenvalue weighted by atomic mass is 16.5. The predicted molar refractivity (Wildman–Crippen MR) is 76.0 cm³/mol. The Labute approximate surface area is 111 Å². The van der Waals surface area contributed by atoms with E-state index in [-0.39, 0.29) is 5.97 Å². The largest absolute Gasteiger partial charge is 0.469 e. The zero-order valence-electron chi connectivity index (χ0n) is 11.9. The van der Waals surface area contributed by atoms with Gasteiger partial charge in [0.2, 0.25) is 0 Å². The SMILES string of the molecule is C=C/C(C)=C/N(CCC(=O)OC)C(=C)CCCC. The van der Waals surface area contributed by atoms with Gasteiger partial charge in [0.1, 0.15) is 0 Å². The summed E-state index contributed by atoms with van der Waals surface area (Å²) in [6, 6.07) is 0. The van der Waals surface area contributed by atoms with Crippen molar-refractivity contribution in [3.63, 3.8) is 0 Å². The molecule has 0 saturated heterocycles. The third kappa shape index (κ3) is 6.94. The summed E-state index contributed by atoms with van der Waals surface area (Å²) >= 11 is 0. The molecule has 0 amide bonds. The Hall–Kier alpha value is -1.51. The Kier molecular flexibility index (Phi) is 8.71. The third-order valence-electron chi connectivity index (χ3n) is 2.69. The number of carbonyl (C=O) groups excluding carboxylic acids is 1. The Balaban J connectivity index is 4.56. The molecule has 0 bridgehead atoms. The fraction of sp³-hybridized carbons (Fsp3) is 0.533. The van der Waals surface area contributed by atoms with Gasteiger partial charge in [0.05, 0.1) is 13.5 Å². The van der Waals surface area contributed by atoms with Gasteiger partial charge < -0.3 is 9.64 Å². The first-order valence-corrected chi connectivity index (χ1v) is 6.37. The highest BCUT2D eigenvalue weighted by Gasteiger charge is 2.08. The Bertz CT molecular complexity index is 318. The number of esters is 1. The summed E-state index contributed by atoms with van der Waals surface area (Å²) in [4.78, 5) is 13.2. The first-order valence-electron chi connectivity index (χ1n) is 6.37. The molecule has 0 fully saturated rings. The molecular weight excluding hydrogens is 226 g/mol. The van der Waals surface area contributed by atoms with Gasteiger partial charge >= 0.3 is 5.97 Å². The van der Waals surface area contributed by atoms with Crippen LogP contribution in [0.4, 0.5) is 0 Å². The number of methoxy groups -OCH3 is 1. The number of nitrogens with zero attached hydrogens (tertiary/aromatic N) is 1. The number of carbonyl (C=O) groups is 1. The van der Waals surface area contributed by atoms with E-state index in [2.05, 4.69) is 24.8 Å². The summed E-state index contributed by atoms with van der Waals surface area (Å²) in [7, 11) is 1.41. The molecule has 0 aliphatic rings. The van der Waals surface area contributed by atoms with Crippen LogP contribution in [0.2, 0.25) is 0 Å². The van der Waals surface area contributed by atoms with Crippen LogP contribution in [0.5, 0.6) is 0 Å². The number of unbranched alkanes of at least 4 members (excludes halogenated alkanes) is 1. The number of hydrogen-bond acceptors (Lipinski definition) is 3. The quantitative estimate of drug-likeness (QED) is 0.463. The maximum Gasteiger partial charge on any atom is 0.307 e. The van der Waals surface area contributed by atoms with Crippen molar-refractivity contribution in [2.45, 2.75) is 39.5 Å². The van der Waals surface area contributed by atoms with E-state index in [1.807, 2.05) is 18.0 Å². The molecule has 0 spiro atoms. The number of rotatable bonds is 9. The van der Waals surface area contributed by atoms with E-state index < -0.39 is 0 Å². The second-order valence-corrected chi connectivity index (χ2v) is 4.27. The lowest BCUT2D eigenvalue weighted by atomic mass is 10.2. The van der Waals surface area contributed by atoms with Gasteiger partial charge in [-0.05, 0) is 25.3 Å². The van der Waals surface area contributed by atoms with E-state index in [0.29, 0.717) is 13.0 Å². The molecule has 0 aromatic heterocycles. The van der Waals surface area contributed by atoms with Gasteiger partial charge in [-0.25, -0.2) is 0 Å². The number of hydrogen-bond donors (Lipinski definition) is 0. The van der Waals surface area contributed by atoms with Crippen molar-refractivity contribution < 1.29 is 9.53 Å². The van der Waals surface area contributed by atoms with Crippen molar-refractivity contribution in [2.24, 2.45) is 0 Å². The first-order chi connectivity index (χ1) is 8.54. The van der Waals surface area contributed by atoms with Crippen molar-refractivity contribution >= 4 is 5.97 Å². The molecule has 0 N–H and O–H groups in total. The topological polar surface area (TPSA) is 29.5 Å². The smallest absolute Gasteiger partial charge is 0.307 e. The molecule has 0 aromatic carbocycles. The molecule has 0 aliphatic carbocycles. The molecule has 0 heterocycles. The van der Waals surface area contributed by atoms with Crippen molar-refractivity contribution in [1.82, 2.24) is 4.90 Å². The lowest BCUT2D eigenvalue weighted by molar-refractivity contribution is -0.140. The lowest BCUT2D eigenvalue weighted by Crippen LogP contribution is -2.21. The van der Waals surface area contributed by atoms with E-state index in [4.69, 9.17) is 0 Å². The van der Waals surface area contributed by atoms with Gasteiger partial charge in [-0.15, -0.1) is 0 Å². The van der Waals surface area contributed by atoms with E-state index in [1.165, 1.54) is 7.11 Å². The molecule has 18 heavy (non-hydrogen) atoms. The molecule has 102 valence electrons. The summed E-state index contributed by atoms with van der Waals surface area (Å²) in [5, 5.41) is 0. The second kappa shape index (κ2) is 9.51. The van der Waals surface area contributed by atoms with Crippen LogP contribution in [0.15, 0.2) is 36.7 Å². The minimum absolute atomic E-state index is 0.201. The summed E-state index contributed by atoms with van der Waals surface area (Å²) in [6.07, 6.45) is 7.32.